The molecule has 1 atom stereocenters. The molecule has 1 heterocycles. The van der Waals surface area contributed by atoms with Crippen LogP contribution in [0.15, 0.2) is 34.7 Å². The quantitative estimate of drug-likeness (QED) is 0.877. The second-order valence-electron chi connectivity index (χ2n) is 4.96. The highest BCUT2D eigenvalue weighted by Crippen LogP contribution is 2.28. The Labute approximate surface area is 101 Å². The molecule has 0 amide bonds. The summed E-state index contributed by atoms with van der Waals surface area (Å²) in [4.78, 5) is 2.33. The number of nitrogens with two attached hydrogens (primary N) is 1. The van der Waals surface area contributed by atoms with Crippen molar-refractivity contribution in [2.24, 2.45) is 5.73 Å². The second-order valence-corrected chi connectivity index (χ2v) is 4.96. The molecule has 1 saturated carbocycles. The summed E-state index contributed by atoms with van der Waals surface area (Å²) in [5, 5.41) is 1.13. The maximum atomic E-state index is 6.19. The van der Waals surface area contributed by atoms with Crippen molar-refractivity contribution in [1.29, 1.82) is 0 Å². The van der Waals surface area contributed by atoms with E-state index in [0.29, 0.717) is 0 Å². The minimum absolute atomic E-state index is 0.0343. The smallest absolute Gasteiger partial charge is 0.134 e. The molecule has 2 N–H and O–H groups in total. The van der Waals surface area contributed by atoms with Crippen LogP contribution in [0.5, 0.6) is 0 Å². The van der Waals surface area contributed by atoms with Gasteiger partial charge in [-0.1, -0.05) is 18.2 Å². The average molecular weight is 230 g/mol. The maximum Gasteiger partial charge on any atom is 0.134 e. The first-order valence-corrected chi connectivity index (χ1v) is 6.18. The van der Waals surface area contributed by atoms with Crippen molar-refractivity contribution in [3.8, 4) is 0 Å². The molecule has 3 nitrogen and oxygen atoms in total. The molecule has 2 aromatic rings. The molecule has 90 valence electrons. The molecule has 0 aliphatic heterocycles. The van der Waals surface area contributed by atoms with Gasteiger partial charge in [-0.2, -0.15) is 0 Å². The van der Waals surface area contributed by atoms with Gasteiger partial charge in [0.05, 0.1) is 6.04 Å². The van der Waals surface area contributed by atoms with Gasteiger partial charge in [0.25, 0.3) is 0 Å². The lowest BCUT2D eigenvalue weighted by Gasteiger charge is -2.19. The minimum atomic E-state index is -0.0343. The topological polar surface area (TPSA) is 42.4 Å². The highest BCUT2D eigenvalue weighted by atomic mass is 16.3. The van der Waals surface area contributed by atoms with Gasteiger partial charge in [-0.25, -0.2) is 0 Å². The number of hydrogen-bond donors (Lipinski definition) is 1. The van der Waals surface area contributed by atoms with E-state index in [2.05, 4.69) is 24.1 Å². The number of hydrogen-bond acceptors (Lipinski definition) is 3. The number of para-hydroxylation sites is 1. The molecule has 1 aromatic carbocycles. The van der Waals surface area contributed by atoms with Crippen molar-refractivity contribution < 1.29 is 4.42 Å². The van der Waals surface area contributed by atoms with Crippen LogP contribution in [0.2, 0.25) is 0 Å². The predicted octanol–water partition coefficient (Wildman–Crippen LogP) is 2.53. The highest BCUT2D eigenvalue weighted by Gasteiger charge is 2.27. The van der Waals surface area contributed by atoms with Crippen molar-refractivity contribution in [3.63, 3.8) is 0 Å². The molecule has 3 heteroatoms. The Morgan fingerprint density at radius 2 is 2.18 bits per heavy atom. The first kappa shape index (κ1) is 10.8. The number of nitrogens with zero attached hydrogens (tertiary/aromatic N) is 1. The van der Waals surface area contributed by atoms with Gasteiger partial charge >= 0.3 is 0 Å². The monoisotopic (exact) mass is 230 g/mol. The van der Waals surface area contributed by atoms with Gasteiger partial charge < -0.3 is 15.1 Å². The van der Waals surface area contributed by atoms with E-state index in [-0.39, 0.29) is 6.04 Å². The van der Waals surface area contributed by atoms with Crippen molar-refractivity contribution in [3.05, 3.63) is 36.1 Å². The number of fused-ring (bicyclic) bond motifs is 1. The van der Waals surface area contributed by atoms with E-state index < -0.39 is 0 Å². The average Bonchev–Trinajstić information content (AvgIpc) is 3.08. The lowest BCUT2D eigenvalue weighted by atomic mass is 10.2. The zero-order valence-corrected chi connectivity index (χ0v) is 10.1. The van der Waals surface area contributed by atoms with E-state index in [0.717, 1.165) is 29.3 Å². The fraction of sp³-hybridized carbons (Fsp3) is 0.429. The third-order valence-corrected chi connectivity index (χ3v) is 3.46. The summed E-state index contributed by atoms with van der Waals surface area (Å²) >= 11 is 0. The summed E-state index contributed by atoms with van der Waals surface area (Å²) in [6.07, 6.45) is 2.62. The third-order valence-electron chi connectivity index (χ3n) is 3.46. The van der Waals surface area contributed by atoms with Gasteiger partial charge in [0, 0.05) is 18.0 Å². The van der Waals surface area contributed by atoms with Crippen LogP contribution in [-0.2, 0) is 0 Å². The molecule has 0 radical (unpaired) electrons. The summed E-state index contributed by atoms with van der Waals surface area (Å²) in [7, 11) is 2.14. The fourth-order valence-corrected chi connectivity index (χ4v) is 2.25. The van der Waals surface area contributed by atoms with E-state index in [1.165, 1.54) is 12.8 Å². The first-order valence-electron chi connectivity index (χ1n) is 6.18. The number of likely N-dealkylation sites (N-methyl/N-ethyl adjacent to an activating group) is 1. The summed E-state index contributed by atoms with van der Waals surface area (Å²) in [5.41, 5.74) is 7.11. The zero-order valence-electron chi connectivity index (χ0n) is 10.1. The Bertz CT molecular complexity index is 483. The van der Waals surface area contributed by atoms with Crippen molar-refractivity contribution in [2.45, 2.75) is 24.9 Å². The summed E-state index contributed by atoms with van der Waals surface area (Å²) in [6, 6.07) is 10.8. The van der Waals surface area contributed by atoms with Gasteiger partial charge in [0.2, 0.25) is 0 Å². The van der Waals surface area contributed by atoms with Crippen molar-refractivity contribution in [1.82, 2.24) is 4.90 Å². The molecule has 1 aromatic heterocycles. The summed E-state index contributed by atoms with van der Waals surface area (Å²) in [5.74, 6) is 0.888. The van der Waals surface area contributed by atoms with Crippen LogP contribution < -0.4 is 5.73 Å². The van der Waals surface area contributed by atoms with Crippen LogP contribution in [-0.4, -0.2) is 24.5 Å². The normalized spacial score (nSPS) is 17.8. The van der Waals surface area contributed by atoms with Gasteiger partial charge in [-0.05, 0) is 32.0 Å². The molecule has 0 bridgehead atoms. The van der Waals surface area contributed by atoms with Gasteiger partial charge in [0.1, 0.15) is 11.3 Å². The predicted molar refractivity (Wildman–Crippen MR) is 68.8 cm³/mol. The maximum absolute atomic E-state index is 6.19. The Morgan fingerprint density at radius 3 is 2.88 bits per heavy atom. The summed E-state index contributed by atoms with van der Waals surface area (Å²) < 4.78 is 5.78. The Balaban J connectivity index is 1.77. The third kappa shape index (κ3) is 2.21. The molecule has 3 rings (SSSR count). The lowest BCUT2D eigenvalue weighted by Crippen LogP contribution is -2.30. The Kier molecular flexibility index (Phi) is 2.65. The molecule has 0 spiro atoms. The van der Waals surface area contributed by atoms with Crippen LogP contribution in [0.25, 0.3) is 11.0 Å². The van der Waals surface area contributed by atoms with Gasteiger partial charge in [-0.3, -0.25) is 0 Å². The molecule has 0 saturated heterocycles. The van der Waals surface area contributed by atoms with Crippen LogP contribution in [0.3, 0.4) is 0 Å². The molecule has 17 heavy (non-hydrogen) atoms. The SMILES string of the molecule is CN(CC(N)c1cc2ccccc2o1)C1CC1. The van der Waals surface area contributed by atoms with Crippen molar-refractivity contribution in [2.75, 3.05) is 13.6 Å². The molecule has 1 aliphatic rings. The fourth-order valence-electron chi connectivity index (χ4n) is 2.25. The van der Waals surface area contributed by atoms with Crippen LogP contribution in [0, 0.1) is 0 Å². The summed E-state index contributed by atoms with van der Waals surface area (Å²) in [6.45, 7) is 0.866. The van der Waals surface area contributed by atoms with E-state index in [4.69, 9.17) is 10.2 Å². The molecular weight excluding hydrogens is 212 g/mol. The number of rotatable bonds is 4. The van der Waals surface area contributed by atoms with Crippen molar-refractivity contribution >= 4 is 11.0 Å². The molecular formula is C14H18N2O. The van der Waals surface area contributed by atoms with Crippen LogP contribution >= 0.6 is 0 Å². The lowest BCUT2D eigenvalue weighted by molar-refractivity contribution is 0.289. The first-order chi connectivity index (χ1) is 8.24. The highest BCUT2D eigenvalue weighted by molar-refractivity contribution is 5.77. The Morgan fingerprint density at radius 1 is 1.41 bits per heavy atom. The van der Waals surface area contributed by atoms with Crippen LogP contribution in [0.1, 0.15) is 24.6 Å². The minimum Gasteiger partial charge on any atom is -0.459 e. The molecule has 1 unspecified atom stereocenters. The standard InChI is InChI=1S/C14H18N2O/c1-16(11-6-7-11)9-12(15)14-8-10-4-2-3-5-13(10)17-14/h2-5,8,11-12H,6-7,9,15H2,1H3. The molecule has 1 aliphatic carbocycles. The largest absolute Gasteiger partial charge is 0.459 e. The molecule has 1 fully saturated rings. The van der Waals surface area contributed by atoms with E-state index in [1.807, 2.05) is 18.2 Å². The second kappa shape index (κ2) is 4.17. The van der Waals surface area contributed by atoms with E-state index >= 15 is 0 Å². The van der Waals surface area contributed by atoms with E-state index in [9.17, 15) is 0 Å². The zero-order chi connectivity index (χ0) is 11.8. The number of furan rings is 1. The number of benzene rings is 1. The Hall–Kier alpha value is -1.32. The van der Waals surface area contributed by atoms with Gasteiger partial charge in [0.15, 0.2) is 0 Å². The van der Waals surface area contributed by atoms with Crippen LogP contribution in [0.4, 0.5) is 0 Å². The van der Waals surface area contributed by atoms with E-state index in [1.54, 1.807) is 0 Å². The van der Waals surface area contributed by atoms with Gasteiger partial charge in [-0.15, -0.1) is 0 Å².